The molecule has 0 radical (unpaired) electrons. The van der Waals surface area contributed by atoms with Crippen molar-refractivity contribution in [3.8, 4) is 11.4 Å². The lowest BCUT2D eigenvalue weighted by molar-refractivity contribution is -0.133. The Kier molecular flexibility index (Phi) is 5.29. The summed E-state index contributed by atoms with van der Waals surface area (Å²) in [5.74, 6) is -0.280. The van der Waals surface area contributed by atoms with Crippen LogP contribution in [0.1, 0.15) is 19.9 Å². The summed E-state index contributed by atoms with van der Waals surface area (Å²) in [7, 11) is 0. The van der Waals surface area contributed by atoms with Crippen LogP contribution in [0, 0.1) is 0 Å². The van der Waals surface area contributed by atoms with Crippen LogP contribution in [0.15, 0.2) is 27.8 Å². The highest BCUT2D eigenvalue weighted by atomic mass is 79.9. The molecule has 0 spiro atoms. The van der Waals surface area contributed by atoms with Crippen LogP contribution < -0.4 is 0 Å². The summed E-state index contributed by atoms with van der Waals surface area (Å²) >= 11 is 10.7. The number of carbonyl (C=O) groups is 1. The first-order valence-electron chi connectivity index (χ1n) is 6.15. The van der Waals surface area contributed by atoms with Gasteiger partial charge in [0.25, 0.3) is 0 Å². The minimum absolute atomic E-state index is 0.0540. The van der Waals surface area contributed by atoms with E-state index in [4.69, 9.17) is 16.7 Å². The fourth-order valence-corrected chi connectivity index (χ4v) is 3.20. The Balaban J connectivity index is 2.49. The van der Waals surface area contributed by atoms with Gasteiger partial charge in [-0.15, -0.1) is 10.2 Å². The smallest absolute Gasteiger partial charge is 0.313 e. The number of nitrogens with zero attached hydrogens (tertiary/aromatic N) is 3. The Morgan fingerprint density at radius 2 is 2.19 bits per heavy atom. The molecule has 0 atom stereocenters. The maximum atomic E-state index is 10.7. The van der Waals surface area contributed by atoms with E-state index in [2.05, 4.69) is 26.1 Å². The molecule has 1 aromatic carbocycles. The number of thioether (sulfide) groups is 1. The molecule has 0 aliphatic heterocycles. The third-order valence-corrected chi connectivity index (χ3v) is 4.53. The van der Waals surface area contributed by atoms with Crippen LogP contribution in [-0.2, 0) is 4.79 Å². The van der Waals surface area contributed by atoms with Crippen molar-refractivity contribution in [3.63, 3.8) is 0 Å². The topological polar surface area (TPSA) is 68.0 Å². The lowest BCUT2D eigenvalue weighted by Crippen LogP contribution is -2.07. The predicted molar refractivity (Wildman–Crippen MR) is 86.9 cm³/mol. The van der Waals surface area contributed by atoms with Gasteiger partial charge in [-0.1, -0.05) is 39.3 Å². The quantitative estimate of drug-likeness (QED) is 0.778. The molecule has 0 bridgehead atoms. The molecule has 5 nitrogen and oxygen atoms in total. The third kappa shape index (κ3) is 3.78. The van der Waals surface area contributed by atoms with Gasteiger partial charge in [-0.05, 0) is 32.0 Å². The van der Waals surface area contributed by atoms with Gasteiger partial charge in [0.2, 0.25) is 0 Å². The van der Waals surface area contributed by atoms with Crippen LogP contribution in [0.5, 0.6) is 0 Å². The first-order chi connectivity index (χ1) is 9.90. The Labute approximate surface area is 139 Å². The van der Waals surface area contributed by atoms with Crippen LogP contribution in [0.4, 0.5) is 0 Å². The second-order valence-electron chi connectivity index (χ2n) is 4.58. The predicted octanol–water partition coefficient (Wildman–Crippen LogP) is 4.12. The van der Waals surface area contributed by atoms with Gasteiger partial charge in [-0.3, -0.25) is 9.36 Å². The fourth-order valence-electron chi connectivity index (χ4n) is 1.82. The number of aliphatic carboxylic acids is 1. The molecule has 1 N–H and O–H groups in total. The fraction of sp³-hybridized carbons (Fsp3) is 0.308. The Morgan fingerprint density at radius 3 is 2.81 bits per heavy atom. The minimum atomic E-state index is -0.885. The van der Waals surface area contributed by atoms with E-state index in [9.17, 15) is 4.79 Å². The molecule has 2 aromatic rings. The summed E-state index contributed by atoms with van der Waals surface area (Å²) in [6, 6.07) is 5.53. The average molecular weight is 391 g/mol. The number of carboxylic acids is 1. The molecular formula is C13H13BrClN3O2S. The number of aromatic nitrogens is 3. The minimum Gasteiger partial charge on any atom is -0.481 e. The number of halogens is 2. The SMILES string of the molecule is CC(C)n1c(SCC(=O)O)nnc1-c1cc(Cl)ccc1Br. The van der Waals surface area contributed by atoms with E-state index < -0.39 is 5.97 Å². The lowest BCUT2D eigenvalue weighted by Gasteiger charge is -2.14. The van der Waals surface area contributed by atoms with Crippen molar-refractivity contribution in [2.45, 2.75) is 25.0 Å². The normalized spacial score (nSPS) is 11.1. The highest BCUT2D eigenvalue weighted by Crippen LogP contribution is 2.33. The molecule has 0 saturated carbocycles. The van der Waals surface area contributed by atoms with Gasteiger partial charge in [0, 0.05) is 21.1 Å². The van der Waals surface area contributed by atoms with E-state index in [0.717, 1.165) is 21.8 Å². The Bertz CT molecular complexity index is 675. The van der Waals surface area contributed by atoms with Gasteiger partial charge in [-0.2, -0.15) is 0 Å². The highest BCUT2D eigenvalue weighted by molar-refractivity contribution is 9.10. The Morgan fingerprint density at radius 1 is 1.48 bits per heavy atom. The van der Waals surface area contributed by atoms with E-state index in [1.807, 2.05) is 24.5 Å². The number of hydrogen-bond acceptors (Lipinski definition) is 4. The first kappa shape index (κ1) is 16.3. The van der Waals surface area contributed by atoms with Gasteiger partial charge in [0.1, 0.15) is 0 Å². The molecule has 0 aliphatic rings. The molecule has 1 heterocycles. The van der Waals surface area contributed by atoms with Gasteiger partial charge < -0.3 is 5.11 Å². The van der Waals surface area contributed by atoms with Crippen LogP contribution in [0.2, 0.25) is 5.02 Å². The molecule has 0 unspecified atom stereocenters. The lowest BCUT2D eigenvalue weighted by atomic mass is 10.2. The zero-order valence-electron chi connectivity index (χ0n) is 11.4. The van der Waals surface area contributed by atoms with Crippen LogP contribution in [0.25, 0.3) is 11.4 Å². The zero-order chi connectivity index (χ0) is 15.6. The van der Waals surface area contributed by atoms with E-state index in [-0.39, 0.29) is 11.8 Å². The van der Waals surface area contributed by atoms with E-state index in [1.165, 1.54) is 0 Å². The van der Waals surface area contributed by atoms with E-state index in [1.54, 1.807) is 12.1 Å². The summed E-state index contributed by atoms with van der Waals surface area (Å²) in [5, 5.41) is 18.3. The van der Waals surface area contributed by atoms with Crippen molar-refractivity contribution >= 4 is 45.3 Å². The maximum absolute atomic E-state index is 10.7. The van der Waals surface area contributed by atoms with Crippen molar-refractivity contribution in [1.29, 1.82) is 0 Å². The number of rotatable bonds is 5. The standard InChI is InChI=1S/C13H13BrClN3O2S/c1-7(2)18-12(9-5-8(15)3-4-10(9)14)16-17-13(18)21-6-11(19)20/h3-5,7H,6H2,1-2H3,(H,19,20). The third-order valence-electron chi connectivity index (χ3n) is 2.67. The second kappa shape index (κ2) is 6.81. The van der Waals surface area contributed by atoms with Crippen molar-refractivity contribution in [2.24, 2.45) is 0 Å². The van der Waals surface area contributed by atoms with Gasteiger partial charge >= 0.3 is 5.97 Å². The molecule has 112 valence electrons. The molecule has 0 fully saturated rings. The molecular weight excluding hydrogens is 378 g/mol. The molecule has 1 aromatic heterocycles. The van der Waals surface area contributed by atoms with Crippen LogP contribution in [0.3, 0.4) is 0 Å². The van der Waals surface area contributed by atoms with Gasteiger partial charge in [-0.25, -0.2) is 0 Å². The largest absolute Gasteiger partial charge is 0.481 e. The monoisotopic (exact) mass is 389 g/mol. The van der Waals surface area contributed by atoms with Crippen molar-refractivity contribution in [2.75, 3.05) is 5.75 Å². The Hall–Kier alpha value is -1.05. The van der Waals surface area contributed by atoms with Crippen LogP contribution >= 0.6 is 39.3 Å². The van der Waals surface area contributed by atoms with Crippen molar-refractivity contribution in [1.82, 2.24) is 14.8 Å². The van der Waals surface area contributed by atoms with Crippen LogP contribution in [-0.4, -0.2) is 31.6 Å². The summed E-state index contributed by atoms with van der Waals surface area (Å²) in [6.45, 7) is 3.99. The van der Waals surface area contributed by atoms with Gasteiger partial charge in [0.15, 0.2) is 11.0 Å². The van der Waals surface area contributed by atoms with Crippen molar-refractivity contribution < 1.29 is 9.90 Å². The van der Waals surface area contributed by atoms with E-state index in [0.29, 0.717) is 16.0 Å². The molecule has 0 aliphatic carbocycles. The second-order valence-corrected chi connectivity index (χ2v) is 6.81. The number of benzene rings is 1. The first-order valence-corrected chi connectivity index (χ1v) is 8.30. The molecule has 21 heavy (non-hydrogen) atoms. The highest BCUT2D eigenvalue weighted by Gasteiger charge is 2.19. The number of carboxylic acid groups (broad SMARTS) is 1. The summed E-state index contributed by atoms with van der Waals surface area (Å²) in [6.07, 6.45) is 0. The number of hydrogen-bond donors (Lipinski definition) is 1. The molecule has 8 heteroatoms. The summed E-state index contributed by atoms with van der Waals surface area (Å²) < 4.78 is 2.76. The molecule has 2 rings (SSSR count). The summed E-state index contributed by atoms with van der Waals surface area (Å²) in [4.78, 5) is 10.7. The maximum Gasteiger partial charge on any atom is 0.313 e. The van der Waals surface area contributed by atoms with Gasteiger partial charge in [0.05, 0.1) is 5.75 Å². The summed E-state index contributed by atoms with van der Waals surface area (Å²) in [5.41, 5.74) is 0.825. The molecule has 0 saturated heterocycles. The average Bonchev–Trinajstić information content (AvgIpc) is 2.83. The van der Waals surface area contributed by atoms with E-state index >= 15 is 0 Å². The van der Waals surface area contributed by atoms with Crippen molar-refractivity contribution in [3.05, 3.63) is 27.7 Å². The zero-order valence-corrected chi connectivity index (χ0v) is 14.5. The molecule has 0 amide bonds.